The molecule has 4 aromatic carbocycles. The van der Waals surface area contributed by atoms with Crippen molar-refractivity contribution < 1.29 is 17.0 Å². The number of fused-ring (bicyclic) bond motifs is 2. The number of nitrogens with zero attached hydrogens (tertiary/aromatic N) is 2. The van der Waals surface area contributed by atoms with Crippen molar-refractivity contribution in [1.82, 2.24) is 9.97 Å². The van der Waals surface area contributed by atoms with Gasteiger partial charge in [-0.25, -0.2) is 0 Å². The van der Waals surface area contributed by atoms with Gasteiger partial charge in [0.15, 0.2) is 0 Å². The molecule has 0 bridgehead atoms. The first-order valence-electron chi connectivity index (χ1n) is 10.4. The predicted octanol–water partition coefficient (Wildman–Crippen LogP) is 8.62. The van der Waals surface area contributed by atoms with Gasteiger partial charge in [-0.2, -0.15) is 0 Å². The zero-order valence-corrected chi connectivity index (χ0v) is 20.8. The quantitative estimate of drug-likeness (QED) is 0.175. The molecular weight excluding hydrogens is 483 g/mol. The molecule has 5 heteroatoms. The first kappa shape index (κ1) is 23.4. The Morgan fingerprint density at radius 1 is 0.545 bits per heavy atom. The van der Waals surface area contributed by atoms with Crippen molar-refractivity contribution in [2.45, 2.75) is 0 Å². The van der Waals surface area contributed by atoms with Crippen molar-refractivity contribution in [2.24, 2.45) is 0 Å². The maximum atomic E-state index is 4.89. The van der Waals surface area contributed by atoms with Crippen LogP contribution in [0, 0.1) is 0 Å². The summed E-state index contributed by atoms with van der Waals surface area (Å²) in [5, 5.41) is 5.10. The molecule has 0 saturated carbocycles. The normalized spacial score (nSPS) is 10.1. The van der Waals surface area contributed by atoms with Crippen LogP contribution in [0.3, 0.4) is 0 Å². The minimum Gasteiger partial charge on any atom is -0.295 e. The molecule has 0 aliphatic rings. The van der Waals surface area contributed by atoms with Crippen LogP contribution in [0.25, 0.3) is 44.1 Å². The molecule has 2 aromatic heterocycles. The first-order valence-corrected chi connectivity index (χ1v) is 14.7. The van der Waals surface area contributed by atoms with Crippen molar-refractivity contribution in [3.05, 3.63) is 122 Å². The Bertz CT molecular complexity index is 1230. The summed E-state index contributed by atoms with van der Waals surface area (Å²) < 4.78 is 0. The van der Waals surface area contributed by atoms with E-state index in [4.69, 9.17) is 18.6 Å². The number of pyridine rings is 2. The predicted molar refractivity (Wildman–Crippen MR) is 137 cm³/mol. The van der Waals surface area contributed by atoms with Gasteiger partial charge in [-0.15, -0.1) is 69.1 Å². The molecule has 0 spiro atoms. The average Bonchev–Trinajstić information content (AvgIpc) is 3.51. The molecule has 33 heavy (non-hydrogen) atoms. The smallest absolute Gasteiger partial charge is 0.0183 e. The molecule has 162 valence electrons. The summed E-state index contributed by atoms with van der Waals surface area (Å²) in [5.41, 5.74) is 4.45. The second-order valence-electron chi connectivity index (χ2n) is 7.25. The Morgan fingerprint density at radius 2 is 0.939 bits per heavy atom. The molecule has 0 unspecified atom stereocenters. The Kier molecular flexibility index (Phi) is 8.46. The van der Waals surface area contributed by atoms with Crippen LogP contribution in [-0.2, 0) is 17.0 Å². The fourth-order valence-corrected chi connectivity index (χ4v) is 3.66. The standard InChI is InChI=1S/2C14H10N.2ClH.Ti/c2*1-2-6-12-10-13(9-11(12)5-1)14-7-3-4-8-15-14;;;/h2*1-10H;2*1H;/q2*-1;;;+2/p-2. The average molecular weight is 503 g/mol. The fourth-order valence-electron chi connectivity index (χ4n) is 3.66. The third-order valence-electron chi connectivity index (χ3n) is 5.16. The number of halogens is 2. The second-order valence-corrected chi connectivity index (χ2v) is 9.83. The topological polar surface area (TPSA) is 25.8 Å². The number of hydrogen-bond donors (Lipinski definition) is 0. The van der Waals surface area contributed by atoms with Crippen molar-refractivity contribution in [1.29, 1.82) is 0 Å². The van der Waals surface area contributed by atoms with E-state index in [0.29, 0.717) is 0 Å². The van der Waals surface area contributed by atoms with Crippen LogP contribution in [-0.4, -0.2) is 9.97 Å². The summed E-state index contributed by atoms with van der Waals surface area (Å²) in [6.07, 6.45) is 3.65. The molecule has 6 rings (SSSR count). The molecule has 0 amide bonds. The van der Waals surface area contributed by atoms with E-state index in [1.807, 2.05) is 48.8 Å². The third kappa shape index (κ3) is 6.19. The number of hydrogen-bond acceptors (Lipinski definition) is 2. The van der Waals surface area contributed by atoms with E-state index in [2.05, 4.69) is 82.8 Å². The Balaban J connectivity index is 0.000000141. The number of rotatable bonds is 2. The largest absolute Gasteiger partial charge is 0.295 e. The van der Waals surface area contributed by atoms with E-state index in [1.54, 1.807) is 0 Å². The van der Waals surface area contributed by atoms with Gasteiger partial charge in [0.05, 0.1) is 0 Å². The zero-order chi connectivity index (χ0) is 22.9. The van der Waals surface area contributed by atoms with Gasteiger partial charge in [0, 0.05) is 23.8 Å². The Hall–Kier alpha value is -2.75. The maximum Gasteiger partial charge on any atom is 0.0183 e. The molecule has 0 aliphatic carbocycles. The van der Waals surface area contributed by atoms with Gasteiger partial charge in [0.2, 0.25) is 0 Å². The molecule has 0 saturated heterocycles. The molecule has 0 fully saturated rings. The molecular formula is C28H20Cl2N2Ti-2. The molecule has 0 N–H and O–H groups in total. The van der Waals surface area contributed by atoms with E-state index < -0.39 is 17.0 Å². The van der Waals surface area contributed by atoms with Crippen LogP contribution in [0.15, 0.2) is 122 Å². The zero-order valence-electron chi connectivity index (χ0n) is 17.7. The van der Waals surface area contributed by atoms with Crippen LogP contribution in [0.2, 0.25) is 0 Å². The first-order chi connectivity index (χ1) is 16.3. The molecule has 6 aromatic rings. The van der Waals surface area contributed by atoms with Crippen LogP contribution in [0.5, 0.6) is 0 Å². The van der Waals surface area contributed by atoms with Gasteiger partial charge >= 0.3 is 35.6 Å². The van der Waals surface area contributed by atoms with Crippen molar-refractivity contribution >= 4 is 40.2 Å². The molecule has 2 nitrogen and oxygen atoms in total. The molecule has 0 aliphatic heterocycles. The van der Waals surface area contributed by atoms with Crippen LogP contribution in [0.1, 0.15) is 0 Å². The van der Waals surface area contributed by atoms with Crippen molar-refractivity contribution in [3.8, 4) is 22.5 Å². The van der Waals surface area contributed by atoms with Gasteiger partial charge in [-0.3, -0.25) is 9.97 Å². The van der Waals surface area contributed by atoms with Crippen LogP contribution < -0.4 is 0 Å². The summed E-state index contributed by atoms with van der Waals surface area (Å²) in [6.45, 7) is 0. The SMILES string of the molecule is [Cl][Ti][Cl].c1ccc(-c2cc3ccccc3[cH-]2)nc1.c1ccc(-c2cc3ccccc3[cH-]2)nc1. The summed E-state index contributed by atoms with van der Waals surface area (Å²) in [7, 11) is 9.78. The fraction of sp³-hybridized carbons (Fsp3) is 0. The van der Waals surface area contributed by atoms with Gasteiger partial charge in [0.25, 0.3) is 0 Å². The summed E-state index contributed by atoms with van der Waals surface area (Å²) in [6, 6.07) is 37.4. The van der Waals surface area contributed by atoms with E-state index in [9.17, 15) is 0 Å². The van der Waals surface area contributed by atoms with E-state index in [0.717, 1.165) is 11.4 Å². The molecule has 0 atom stereocenters. The van der Waals surface area contributed by atoms with Crippen LogP contribution >= 0.6 is 18.6 Å². The van der Waals surface area contributed by atoms with Gasteiger partial charge in [0.1, 0.15) is 0 Å². The van der Waals surface area contributed by atoms with Gasteiger partial charge in [-0.1, -0.05) is 60.7 Å². The minimum atomic E-state index is -0.556. The number of benzene rings is 2. The van der Waals surface area contributed by atoms with Gasteiger partial charge in [-0.05, 0) is 12.1 Å². The Labute approximate surface area is 210 Å². The van der Waals surface area contributed by atoms with E-state index in [-0.39, 0.29) is 0 Å². The Morgan fingerprint density at radius 3 is 1.30 bits per heavy atom. The summed E-state index contributed by atoms with van der Waals surface area (Å²) in [5.74, 6) is 0. The summed E-state index contributed by atoms with van der Waals surface area (Å²) in [4.78, 5) is 8.69. The molecule has 0 radical (unpaired) electrons. The van der Waals surface area contributed by atoms with E-state index >= 15 is 0 Å². The van der Waals surface area contributed by atoms with Crippen molar-refractivity contribution in [3.63, 3.8) is 0 Å². The molecule has 2 heterocycles. The van der Waals surface area contributed by atoms with Crippen LogP contribution in [0.4, 0.5) is 0 Å². The van der Waals surface area contributed by atoms with Gasteiger partial charge < -0.3 is 0 Å². The number of aromatic nitrogens is 2. The maximum absolute atomic E-state index is 4.89. The van der Waals surface area contributed by atoms with E-state index in [1.165, 1.54) is 32.7 Å². The van der Waals surface area contributed by atoms with Crippen molar-refractivity contribution in [2.75, 3.05) is 0 Å². The minimum absolute atomic E-state index is 0.556. The second kappa shape index (κ2) is 11.9. The third-order valence-corrected chi connectivity index (χ3v) is 5.16. The monoisotopic (exact) mass is 502 g/mol. The summed E-state index contributed by atoms with van der Waals surface area (Å²) >= 11 is -0.556.